The van der Waals surface area contributed by atoms with Crippen molar-refractivity contribution in [3.05, 3.63) is 99.8 Å². The van der Waals surface area contributed by atoms with Crippen molar-refractivity contribution < 1.29 is 14.3 Å². The van der Waals surface area contributed by atoms with Gasteiger partial charge >= 0.3 is 5.97 Å². The molecule has 30 heavy (non-hydrogen) atoms. The van der Waals surface area contributed by atoms with Gasteiger partial charge in [-0.15, -0.1) is 0 Å². The molecule has 0 aromatic heterocycles. The summed E-state index contributed by atoms with van der Waals surface area (Å²) in [7, 11) is 0. The molecule has 1 heterocycles. The topological polar surface area (TPSA) is 47.9 Å². The molecule has 0 fully saturated rings. The maximum absolute atomic E-state index is 12.3. The zero-order valence-electron chi connectivity index (χ0n) is 15.4. The number of hydrogen-bond donors (Lipinski definition) is 0. The third kappa shape index (κ3) is 5.05. The SMILES string of the molecule is O=C1OC(c2ccccc2)=N/C1=C\c1cc(I)c(OCc2ccccc2I)c(I)c1. The number of cyclic esters (lactones) is 1. The van der Waals surface area contributed by atoms with Gasteiger partial charge in [0.1, 0.15) is 12.4 Å². The maximum atomic E-state index is 12.3. The van der Waals surface area contributed by atoms with Crippen molar-refractivity contribution in [1.82, 2.24) is 0 Å². The van der Waals surface area contributed by atoms with E-state index in [9.17, 15) is 4.79 Å². The van der Waals surface area contributed by atoms with E-state index in [0.29, 0.717) is 12.5 Å². The molecule has 4 rings (SSSR count). The first-order valence-electron chi connectivity index (χ1n) is 8.94. The number of carbonyl (C=O) groups excluding carboxylic acids is 1. The average molecular weight is 733 g/mol. The molecule has 0 saturated heterocycles. The van der Waals surface area contributed by atoms with Crippen LogP contribution < -0.4 is 4.74 Å². The van der Waals surface area contributed by atoms with Crippen LogP contribution in [0.4, 0.5) is 0 Å². The third-order valence-corrected chi connectivity index (χ3v) is 6.95. The zero-order valence-corrected chi connectivity index (χ0v) is 21.9. The smallest absolute Gasteiger partial charge is 0.363 e. The number of benzene rings is 3. The quantitative estimate of drug-likeness (QED) is 0.173. The predicted octanol–water partition coefficient (Wildman–Crippen LogP) is 6.42. The van der Waals surface area contributed by atoms with Crippen molar-refractivity contribution in [2.75, 3.05) is 0 Å². The Bertz CT molecular complexity index is 1150. The van der Waals surface area contributed by atoms with Gasteiger partial charge in [-0.2, -0.15) is 0 Å². The Morgan fingerprint density at radius 2 is 1.57 bits per heavy atom. The summed E-state index contributed by atoms with van der Waals surface area (Å²) in [5.74, 6) is 0.715. The number of carbonyl (C=O) groups is 1. The molecule has 0 bridgehead atoms. The second-order valence-electron chi connectivity index (χ2n) is 6.40. The lowest BCUT2D eigenvalue weighted by atomic mass is 10.2. The molecule has 3 aromatic rings. The van der Waals surface area contributed by atoms with Crippen LogP contribution in [-0.4, -0.2) is 11.9 Å². The monoisotopic (exact) mass is 733 g/mol. The normalized spacial score (nSPS) is 14.6. The molecule has 0 amide bonds. The number of ether oxygens (including phenoxy) is 2. The first kappa shape index (κ1) is 21.8. The van der Waals surface area contributed by atoms with Crippen molar-refractivity contribution in [2.45, 2.75) is 6.61 Å². The second kappa shape index (κ2) is 9.77. The van der Waals surface area contributed by atoms with Crippen LogP contribution in [0.25, 0.3) is 6.08 Å². The van der Waals surface area contributed by atoms with E-state index in [-0.39, 0.29) is 5.70 Å². The number of hydrogen-bond acceptors (Lipinski definition) is 4. The minimum Gasteiger partial charge on any atom is -0.487 e. The Balaban J connectivity index is 1.56. The lowest BCUT2D eigenvalue weighted by molar-refractivity contribution is -0.129. The van der Waals surface area contributed by atoms with Crippen molar-refractivity contribution in [2.24, 2.45) is 4.99 Å². The standard InChI is InChI=1S/C23H14I3NO3/c24-17-9-5-4-8-16(17)13-29-21-18(25)10-14(11-19(21)26)12-20-23(28)30-22(27-20)15-6-2-1-3-7-15/h1-12H,13H2/b20-12-. The highest BCUT2D eigenvalue weighted by molar-refractivity contribution is 14.1. The van der Waals surface area contributed by atoms with E-state index in [1.54, 1.807) is 6.08 Å². The number of rotatable bonds is 5. The Morgan fingerprint density at radius 1 is 0.900 bits per heavy atom. The summed E-state index contributed by atoms with van der Waals surface area (Å²) in [5.41, 5.74) is 3.08. The summed E-state index contributed by atoms with van der Waals surface area (Å²) in [5, 5.41) is 0. The third-order valence-electron chi connectivity index (χ3n) is 4.30. The summed E-state index contributed by atoms with van der Waals surface area (Å²) in [6.07, 6.45) is 1.74. The fourth-order valence-corrected chi connectivity index (χ4v) is 5.51. The summed E-state index contributed by atoms with van der Waals surface area (Å²) < 4.78 is 14.5. The summed E-state index contributed by atoms with van der Waals surface area (Å²) >= 11 is 6.82. The molecule has 0 aliphatic carbocycles. The fourth-order valence-electron chi connectivity index (χ4n) is 2.84. The van der Waals surface area contributed by atoms with Crippen LogP contribution in [0.1, 0.15) is 16.7 Å². The molecular formula is C23H14I3NO3. The van der Waals surface area contributed by atoms with Crippen molar-refractivity contribution in [3.63, 3.8) is 0 Å². The van der Waals surface area contributed by atoms with Gasteiger partial charge in [-0.3, -0.25) is 0 Å². The second-order valence-corrected chi connectivity index (χ2v) is 9.88. The first-order valence-corrected chi connectivity index (χ1v) is 12.2. The predicted molar refractivity (Wildman–Crippen MR) is 142 cm³/mol. The molecule has 0 unspecified atom stereocenters. The van der Waals surface area contributed by atoms with Crippen LogP contribution in [0.15, 0.2) is 77.4 Å². The van der Waals surface area contributed by atoms with E-state index >= 15 is 0 Å². The molecular weight excluding hydrogens is 719 g/mol. The molecule has 3 aromatic carbocycles. The van der Waals surface area contributed by atoms with Gasteiger partial charge in [0.25, 0.3) is 0 Å². The lowest BCUT2D eigenvalue weighted by Gasteiger charge is -2.12. The molecule has 0 spiro atoms. The molecule has 7 heteroatoms. The van der Waals surface area contributed by atoms with Gasteiger partial charge in [0, 0.05) is 14.7 Å². The van der Waals surface area contributed by atoms with Gasteiger partial charge in [0.2, 0.25) is 5.90 Å². The molecule has 1 aliphatic rings. The van der Waals surface area contributed by atoms with Gasteiger partial charge < -0.3 is 9.47 Å². The van der Waals surface area contributed by atoms with Crippen LogP contribution in [0, 0.1) is 10.7 Å². The molecule has 1 aliphatic heterocycles. The maximum Gasteiger partial charge on any atom is 0.363 e. The number of nitrogens with zero attached hydrogens (tertiary/aromatic N) is 1. The van der Waals surface area contributed by atoms with Crippen LogP contribution in [0.3, 0.4) is 0 Å². The highest BCUT2D eigenvalue weighted by atomic mass is 127. The van der Waals surface area contributed by atoms with Crippen molar-refractivity contribution in [1.29, 1.82) is 0 Å². The van der Waals surface area contributed by atoms with Crippen LogP contribution in [0.2, 0.25) is 0 Å². The number of halogens is 3. The van der Waals surface area contributed by atoms with E-state index < -0.39 is 5.97 Å². The molecule has 0 N–H and O–H groups in total. The first-order chi connectivity index (χ1) is 14.5. The van der Waals surface area contributed by atoms with Crippen molar-refractivity contribution >= 4 is 85.7 Å². The fraction of sp³-hybridized carbons (Fsp3) is 0.0435. The van der Waals surface area contributed by atoms with Crippen molar-refractivity contribution in [3.8, 4) is 5.75 Å². The Hall–Kier alpha value is -1.47. The summed E-state index contributed by atoms with van der Waals surface area (Å²) in [6, 6.07) is 21.5. The van der Waals surface area contributed by atoms with E-state index in [4.69, 9.17) is 9.47 Å². The van der Waals surface area contributed by atoms with E-state index in [1.165, 1.54) is 3.57 Å². The Morgan fingerprint density at radius 3 is 2.27 bits per heavy atom. The average Bonchev–Trinajstić information content (AvgIpc) is 3.09. The molecule has 0 radical (unpaired) electrons. The molecule has 150 valence electrons. The highest BCUT2D eigenvalue weighted by Crippen LogP contribution is 2.31. The van der Waals surface area contributed by atoms with E-state index in [2.05, 4.69) is 84.9 Å². The Labute approximate surface area is 215 Å². The summed E-state index contributed by atoms with van der Waals surface area (Å²) in [4.78, 5) is 16.6. The lowest BCUT2D eigenvalue weighted by Crippen LogP contribution is -2.05. The van der Waals surface area contributed by atoms with Gasteiger partial charge in [-0.05, 0) is 110 Å². The molecule has 0 saturated carbocycles. The van der Waals surface area contributed by atoms with Gasteiger partial charge in [0.05, 0.1) is 7.14 Å². The van der Waals surface area contributed by atoms with E-state index in [1.807, 2.05) is 54.6 Å². The molecule has 4 nitrogen and oxygen atoms in total. The largest absolute Gasteiger partial charge is 0.487 e. The van der Waals surface area contributed by atoms with Crippen LogP contribution in [0.5, 0.6) is 5.75 Å². The van der Waals surface area contributed by atoms with Gasteiger partial charge in [0.15, 0.2) is 5.70 Å². The van der Waals surface area contributed by atoms with E-state index in [0.717, 1.165) is 29.6 Å². The van der Waals surface area contributed by atoms with Crippen LogP contribution >= 0.6 is 67.8 Å². The number of esters is 1. The minimum absolute atomic E-state index is 0.285. The highest BCUT2D eigenvalue weighted by Gasteiger charge is 2.24. The zero-order chi connectivity index (χ0) is 21.1. The van der Waals surface area contributed by atoms with Gasteiger partial charge in [-0.1, -0.05) is 36.4 Å². The summed E-state index contributed by atoms with van der Waals surface area (Å²) in [6.45, 7) is 0.503. The minimum atomic E-state index is -0.446. The number of aliphatic imine (C=N–C) groups is 1. The Kier molecular flexibility index (Phi) is 7.08. The van der Waals surface area contributed by atoms with Gasteiger partial charge in [-0.25, -0.2) is 9.79 Å². The molecule has 0 atom stereocenters. The van der Waals surface area contributed by atoms with Crippen LogP contribution in [-0.2, 0) is 16.1 Å².